The van der Waals surface area contributed by atoms with E-state index in [0.29, 0.717) is 12.8 Å². The number of esters is 2. The van der Waals surface area contributed by atoms with E-state index in [2.05, 4.69) is 74.6 Å². The van der Waals surface area contributed by atoms with Crippen LogP contribution in [-0.2, 0) is 38.7 Å². The second-order valence-electron chi connectivity index (χ2n) is 18.2. The van der Waals surface area contributed by atoms with Gasteiger partial charge in [-0.3, -0.25) is 14.1 Å². The molecule has 0 aromatic rings. The quantitative estimate of drug-likeness (QED) is 0.0196. The Morgan fingerprint density at radius 2 is 0.912 bits per heavy atom. The number of unbranched alkanes of at least 4 members (excludes halogenated alkanes) is 20. The maximum Gasteiger partial charge on any atom is 0.306 e. The number of aliphatic hydroxyl groups is 3. The van der Waals surface area contributed by atoms with Crippen molar-refractivity contribution in [3.05, 3.63) is 72.9 Å². The highest BCUT2D eigenvalue weighted by Gasteiger charge is 2.46. The summed E-state index contributed by atoms with van der Waals surface area (Å²) in [6.07, 6.45) is 48.1. The Kier molecular flexibility index (Phi) is 40.9. The summed E-state index contributed by atoms with van der Waals surface area (Å²) in [6, 6.07) is 0. The highest BCUT2D eigenvalue weighted by molar-refractivity contribution is 7.85. The molecule has 0 bridgehead atoms. The monoisotopic (exact) mass is 979 g/mol. The van der Waals surface area contributed by atoms with Crippen LogP contribution in [0.3, 0.4) is 0 Å². The van der Waals surface area contributed by atoms with E-state index in [1.165, 1.54) is 116 Å². The lowest BCUT2D eigenvalue weighted by atomic mass is 10.00. The van der Waals surface area contributed by atoms with Gasteiger partial charge in [0, 0.05) is 12.8 Å². The molecule has 0 saturated carbocycles. The van der Waals surface area contributed by atoms with Gasteiger partial charge in [0.15, 0.2) is 12.4 Å². The minimum Gasteiger partial charge on any atom is -0.462 e. The molecule has 12 nitrogen and oxygen atoms in total. The van der Waals surface area contributed by atoms with E-state index < -0.39 is 71.2 Å². The Balaban J connectivity index is 2.41. The standard InChI is InChI=1S/C55H94O12S/c1-3-5-7-9-11-13-15-17-19-21-23-24-26-28-30-32-34-36-38-40-42-44-51(57)66-48(46-65-55-54(60)53(59)52(58)49(67-55)47-68(61,62)63)45-64-50(56)43-41-39-37-35-33-31-29-27-25-22-20-18-16-14-12-10-8-6-4-2/h12,14,17-20,25,27,31,33,37,39,48-49,52-55,58-60H,3-11,13,15-16,21-24,26,28-30,32,34-36,38,40-47H2,1-2H3,(H,61,62,63)/b14-12+,19-17+,20-18+,27-25+,33-31+,39-37+/t48-,49-,52-,53?,54?,55+/m1/s1. The fraction of sp³-hybridized carbons (Fsp3) is 0.745. The number of ether oxygens (including phenoxy) is 4. The van der Waals surface area contributed by atoms with E-state index in [1.807, 2.05) is 12.2 Å². The Morgan fingerprint density at radius 3 is 1.41 bits per heavy atom. The fourth-order valence-corrected chi connectivity index (χ4v) is 8.35. The molecule has 6 atom stereocenters. The molecule has 0 aromatic heterocycles. The molecule has 0 radical (unpaired) electrons. The molecule has 1 fully saturated rings. The lowest BCUT2D eigenvalue weighted by Gasteiger charge is -2.40. The van der Waals surface area contributed by atoms with Gasteiger partial charge in [0.25, 0.3) is 10.1 Å². The molecule has 68 heavy (non-hydrogen) atoms. The summed E-state index contributed by atoms with van der Waals surface area (Å²) >= 11 is 0. The highest BCUT2D eigenvalue weighted by Crippen LogP contribution is 2.24. The number of carbonyl (C=O) groups excluding carboxylic acids is 2. The van der Waals surface area contributed by atoms with E-state index in [4.69, 9.17) is 18.9 Å². The van der Waals surface area contributed by atoms with E-state index in [0.717, 1.165) is 51.4 Å². The maximum absolute atomic E-state index is 12.9. The molecule has 0 aromatic carbocycles. The summed E-state index contributed by atoms with van der Waals surface area (Å²) in [5.74, 6) is -2.09. The zero-order valence-corrected chi connectivity index (χ0v) is 43.0. The van der Waals surface area contributed by atoms with E-state index in [1.54, 1.807) is 0 Å². The van der Waals surface area contributed by atoms with Gasteiger partial charge in [0.1, 0.15) is 36.8 Å². The van der Waals surface area contributed by atoms with Gasteiger partial charge in [-0.2, -0.15) is 8.42 Å². The number of allylic oxidation sites excluding steroid dienone is 12. The summed E-state index contributed by atoms with van der Waals surface area (Å²) in [5, 5.41) is 31.0. The van der Waals surface area contributed by atoms with Crippen molar-refractivity contribution in [2.75, 3.05) is 19.0 Å². The molecule has 0 aliphatic carbocycles. The minimum absolute atomic E-state index is 0.0930. The van der Waals surface area contributed by atoms with Crippen LogP contribution in [0.25, 0.3) is 0 Å². The van der Waals surface area contributed by atoms with Crippen LogP contribution in [0.5, 0.6) is 0 Å². The van der Waals surface area contributed by atoms with Gasteiger partial charge >= 0.3 is 11.9 Å². The van der Waals surface area contributed by atoms with Crippen molar-refractivity contribution in [3.63, 3.8) is 0 Å². The van der Waals surface area contributed by atoms with Gasteiger partial charge in [-0.15, -0.1) is 0 Å². The van der Waals surface area contributed by atoms with Gasteiger partial charge in [-0.05, 0) is 77.0 Å². The smallest absolute Gasteiger partial charge is 0.306 e. The lowest BCUT2D eigenvalue weighted by Crippen LogP contribution is -2.60. The molecule has 1 aliphatic rings. The second kappa shape index (κ2) is 44.1. The Bertz CT molecular complexity index is 1520. The predicted octanol–water partition coefficient (Wildman–Crippen LogP) is 12.2. The normalized spacial score (nSPS) is 19.8. The molecule has 1 aliphatic heterocycles. The zero-order chi connectivity index (χ0) is 49.8. The number of carbonyl (C=O) groups is 2. The van der Waals surface area contributed by atoms with Crippen molar-refractivity contribution >= 4 is 22.1 Å². The molecule has 1 heterocycles. The number of aliphatic hydroxyl groups excluding tert-OH is 3. The maximum atomic E-state index is 12.9. The van der Waals surface area contributed by atoms with Crippen molar-refractivity contribution in [2.24, 2.45) is 0 Å². The van der Waals surface area contributed by atoms with Gasteiger partial charge in [0.2, 0.25) is 0 Å². The molecular weight excluding hydrogens is 885 g/mol. The molecule has 392 valence electrons. The van der Waals surface area contributed by atoms with Gasteiger partial charge in [0.05, 0.1) is 6.61 Å². The predicted molar refractivity (Wildman–Crippen MR) is 275 cm³/mol. The van der Waals surface area contributed by atoms with Crippen LogP contribution in [-0.4, -0.2) is 96.0 Å². The van der Waals surface area contributed by atoms with Gasteiger partial charge in [-0.25, -0.2) is 0 Å². The molecule has 13 heteroatoms. The number of rotatable bonds is 44. The minimum atomic E-state index is -4.62. The molecule has 0 spiro atoms. The Hall–Kier alpha value is -2.91. The molecule has 1 rings (SSSR count). The molecule has 1 saturated heterocycles. The first-order valence-electron chi connectivity index (χ1n) is 26.5. The summed E-state index contributed by atoms with van der Waals surface area (Å²) in [6.45, 7) is 3.68. The summed E-state index contributed by atoms with van der Waals surface area (Å²) in [7, 11) is -4.62. The zero-order valence-electron chi connectivity index (χ0n) is 42.2. The first-order valence-corrected chi connectivity index (χ1v) is 28.1. The van der Waals surface area contributed by atoms with E-state index >= 15 is 0 Å². The average Bonchev–Trinajstić information content (AvgIpc) is 3.31. The lowest BCUT2D eigenvalue weighted by molar-refractivity contribution is -0.297. The average molecular weight is 979 g/mol. The van der Waals surface area contributed by atoms with Crippen LogP contribution in [0.15, 0.2) is 72.9 Å². The van der Waals surface area contributed by atoms with Crippen LogP contribution in [0.2, 0.25) is 0 Å². The van der Waals surface area contributed by atoms with Crippen LogP contribution < -0.4 is 0 Å². The van der Waals surface area contributed by atoms with Crippen LogP contribution in [0, 0.1) is 0 Å². The molecule has 2 unspecified atom stereocenters. The van der Waals surface area contributed by atoms with Crippen LogP contribution >= 0.6 is 0 Å². The Labute approximate surface area is 412 Å². The molecular formula is C55H94O12S. The number of hydrogen-bond donors (Lipinski definition) is 4. The highest BCUT2D eigenvalue weighted by atomic mass is 32.2. The fourth-order valence-electron chi connectivity index (χ4n) is 7.65. The second-order valence-corrected chi connectivity index (χ2v) is 19.7. The van der Waals surface area contributed by atoms with Crippen molar-refractivity contribution in [3.8, 4) is 0 Å². The SMILES string of the molecule is CCCCC/C=C/C/C=C/C/C=C/C/C=C/C/C=C/CCC(=O)OC[C@H](CO[C@H]1O[C@H](CS(=O)(=O)O)[C@@H](O)C(O)C1O)OC(=O)CCCCCCCCCCCCC/C=C/CCCCCCCC. The Morgan fingerprint density at radius 1 is 0.500 bits per heavy atom. The van der Waals surface area contributed by atoms with E-state index in [-0.39, 0.29) is 19.4 Å². The van der Waals surface area contributed by atoms with Crippen molar-refractivity contribution in [2.45, 2.75) is 243 Å². The van der Waals surface area contributed by atoms with Gasteiger partial charge in [-0.1, -0.05) is 189 Å². The molecule has 4 N–H and O–H groups in total. The molecule has 0 amide bonds. The third-order valence-corrected chi connectivity index (χ3v) is 12.5. The summed E-state index contributed by atoms with van der Waals surface area (Å²) < 4.78 is 54.2. The topological polar surface area (TPSA) is 186 Å². The third kappa shape index (κ3) is 37.9. The van der Waals surface area contributed by atoms with E-state index in [9.17, 15) is 37.9 Å². The summed E-state index contributed by atoms with van der Waals surface area (Å²) in [5.41, 5.74) is 0. The van der Waals surface area contributed by atoms with Crippen LogP contribution in [0.4, 0.5) is 0 Å². The van der Waals surface area contributed by atoms with Crippen molar-refractivity contribution in [1.82, 2.24) is 0 Å². The van der Waals surface area contributed by atoms with Crippen molar-refractivity contribution in [1.29, 1.82) is 0 Å². The largest absolute Gasteiger partial charge is 0.462 e. The first kappa shape index (κ1) is 63.1. The third-order valence-electron chi connectivity index (χ3n) is 11.8. The van der Waals surface area contributed by atoms with Gasteiger partial charge < -0.3 is 34.3 Å². The van der Waals surface area contributed by atoms with Crippen LogP contribution in [0.1, 0.15) is 206 Å². The first-order chi connectivity index (χ1) is 33.0. The summed E-state index contributed by atoms with van der Waals surface area (Å²) in [4.78, 5) is 25.5. The van der Waals surface area contributed by atoms with Crippen molar-refractivity contribution < 1.29 is 56.8 Å². The number of hydrogen-bond acceptors (Lipinski definition) is 11.